The molecule has 1 aliphatic carbocycles. The molecule has 0 bridgehead atoms. The molecule has 2 N–H and O–H groups in total. The molecule has 0 unspecified atom stereocenters. The van der Waals surface area contributed by atoms with Gasteiger partial charge >= 0.3 is 0 Å². The van der Waals surface area contributed by atoms with Crippen molar-refractivity contribution in [2.24, 2.45) is 11.7 Å². The van der Waals surface area contributed by atoms with Crippen molar-refractivity contribution in [3.8, 4) is 0 Å². The molecule has 3 aromatic rings. The van der Waals surface area contributed by atoms with E-state index in [1.165, 1.54) is 48.3 Å². The number of rotatable bonds is 5. The second-order valence-corrected chi connectivity index (χ2v) is 8.21. The number of nitrogens with two attached hydrogens (primary N) is 1. The Balaban J connectivity index is 1.50. The van der Waals surface area contributed by atoms with Crippen LogP contribution in [-0.4, -0.2) is 32.5 Å². The maximum absolute atomic E-state index is 5.81. The first-order valence-corrected chi connectivity index (χ1v) is 10.7. The average molecular weight is 376 g/mol. The molecular weight excluding hydrogens is 346 g/mol. The maximum atomic E-state index is 5.81. The number of para-hydroxylation sites is 2. The first kappa shape index (κ1) is 17.8. The quantitative estimate of drug-likeness (QED) is 0.739. The molecule has 0 radical (unpaired) electrons. The lowest BCUT2D eigenvalue weighted by Gasteiger charge is -2.44. The van der Waals surface area contributed by atoms with Gasteiger partial charge in [-0.3, -0.25) is 9.88 Å². The predicted octanol–water partition coefficient (Wildman–Crippen LogP) is 3.68. The molecule has 2 atom stereocenters. The van der Waals surface area contributed by atoms with E-state index < -0.39 is 0 Å². The first-order valence-electron chi connectivity index (χ1n) is 10.7. The van der Waals surface area contributed by atoms with Gasteiger partial charge in [-0.15, -0.1) is 0 Å². The van der Waals surface area contributed by atoms with E-state index in [0.29, 0.717) is 12.6 Å². The molecule has 5 nitrogen and oxygen atoms in total. The lowest BCUT2D eigenvalue weighted by Crippen LogP contribution is -2.41. The SMILES string of the molecule is NCCCn1c(CN2CCC[C@@H]3CCc4cccnc4[C@H]32)nc2ccccc21. The minimum absolute atomic E-state index is 0.432. The van der Waals surface area contributed by atoms with Gasteiger partial charge in [-0.25, -0.2) is 4.98 Å². The van der Waals surface area contributed by atoms with Gasteiger partial charge in [-0.2, -0.15) is 0 Å². The fraction of sp³-hybridized carbons (Fsp3) is 0.478. The van der Waals surface area contributed by atoms with Crippen LogP contribution in [0.1, 0.15) is 48.8 Å². The molecule has 0 amide bonds. The zero-order valence-corrected chi connectivity index (χ0v) is 16.4. The molecule has 28 heavy (non-hydrogen) atoms. The van der Waals surface area contributed by atoms with Crippen LogP contribution < -0.4 is 5.73 Å². The van der Waals surface area contributed by atoms with Crippen LogP contribution in [-0.2, 0) is 19.5 Å². The maximum Gasteiger partial charge on any atom is 0.124 e. The van der Waals surface area contributed by atoms with E-state index in [4.69, 9.17) is 15.7 Å². The highest BCUT2D eigenvalue weighted by molar-refractivity contribution is 5.75. The van der Waals surface area contributed by atoms with Gasteiger partial charge in [-0.05, 0) is 74.9 Å². The molecule has 0 saturated carbocycles. The Morgan fingerprint density at radius 1 is 1.11 bits per heavy atom. The molecule has 5 rings (SSSR count). The Labute approximate surface area is 166 Å². The van der Waals surface area contributed by atoms with E-state index in [2.05, 4.69) is 45.9 Å². The number of hydrogen-bond donors (Lipinski definition) is 1. The van der Waals surface area contributed by atoms with Crippen molar-refractivity contribution in [2.45, 2.75) is 51.2 Å². The van der Waals surface area contributed by atoms with Gasteiger partial charge in [0.2, 0.25) is 0 Å². The Hall–Kier alpha value is -2.24. The number of fused-ring (bicyclic) bond motifs is 4. The van der Waals surface area contributed by atoms with Crippen molar-refractivity contribution >= 4 is 11.0 Å². The van der Waals surface area contributed by atoms with E-state index in [0.717, 1.165) is 37.5 Å². The number of hydrogen-bond acceptors (Lipinski definition) is 4. The van der Waals surface area contributed by atoms with E-state index >= 15 is 0 Å². The Morgan fingerprint density at radius 2 is 2.04 bits per heavy atom. The monoisotopic (exact) mass is 375 g/mol. The van der Waals surface area contributed by atoms with Crippen molar-refractivity contribution < 1.29 is 0 Å². The van der Waals surface area contributed by atoms with E-state index in [-0.39, 0.29) is 0 Å². The second-order valence-electron chi connectivity index (χ2n) is 8.21. The summed E-state index contributed by atoms with van der Waals surface area (Å²) in [5.41, 5.74) is 10.9. The third-order valence-corrected chi connectivity index (χ3v) is 6.51. The summed E-state index contributed by atoms with van der Waals surface area (Å²) >= 11 is 0. The highest BCUT2D eigenvalue weighted by atomic mass is 15.2. The molecule has 2 aromatic heterocycles. The number of benzene rings is 1. The molecule has 5 heteroatoms. The molecule has 2 aliphatic rings. The van der Waals surface area contributed by atoms with Crippen molar-refractivity contribution in [1.29, 1.82) is 0 Å². The van der Waals surface area contributed by atoms with E-state index in [1.54, 1.807) is 0 Å². The highest BCUT2D eigenvalue weighted by Gasteiger charge is 2.38. The van der Waals surface area contributed by atoms with Gasteiger partial charge in [0.05, 0.1) is 29.3 Å². The van der Waals surface area contributed by atoms with Crippen LogP contribution in [0.3, 0.4) is 0 Å². The zero-order valence-electron chi connectivity index (χ0n) is 16.4. The molecular formula is C23H29N5. The van der Waals surface area contributed by atoms with Gasteiger partial charge in [0.25, 0.3) is 0 Å². The largest absolute Gasteiger partial charge is 0.330 e. The molecule has 1 aliphatic heterocycles. The van der Waals surface area contributed by atoms with Gasteiger partial charge < -0.3 is 10.3 Å². The summed E-state index contributed by atoms with van der Waals surface area (Å²) in [6, 6.07) is 13.3. The summed E-state index contributed by atoms with van der Waals surface area (Å²) in [7, 11) is 0. The van der Waals surface area contributed by atoms with Gasteiger partial charge in [0.1, 0.15) is 5.82 Å². The van der Waals surface area contributed by atoms with Crippen LogP contribution in [0.5, 0.6) is 0 Å². The van der Waals surface area contributed by atoms with Crippen LogP contribution in [0.4, 0.5) is 0 Å². The lowest BCUT2D eigenvalue weighted by atomic mass is 9.77. The number of aromatic nitrogens is 3. The lowest BCUT2D eigenvalue weighted by molar-refractivity contribution is 0.0664. The van der Waals surface area contributed by atoms with Crippen LogP contribution in [0.25, 0.3) is 11.0 Å². The number of piperidine rings is 1. The van der Waals surface area contributed by atoms with E-state index in [1.807, 2.05) is 6.20 Å². The fourth-order valence-electron chi connectivity index (χ4n) is 5.22. The summed E-state index contributed by atoms with van der Waals surface area (Å²) < 4.78 is 2.38. The van der Waals surface area contributed by atoms with Crippen molar-refractivity contribution in [1.82, 2.24) is 19.4 Å². The molecule has 1 fully saturated rings. The van der Waals surface area contributed by atoms with Gasteiger partial charge in [0, 0.05) is 12.7 Å². The molecule has 1 saturated heterocycles. The molecule has 146 valence electrons. The van der Waals surface area contributed by atoms with Gasteiger partial charge in [-0.1, -0.05) is 18.2 Å². The van der Waals surface area contributed by atoms with Gasteiger partial charge in [0.15, 0.2) is 0 Å². The first-order chi connectivity index (χ1) is 13.8. The zero-order chi connectivity index (χ0) is 18.9. The minimum atomic E-state index is 0.432. The summed E-state index contributed by atoms with van der Waals surface area (Å²) in [6.45, 7) is 3.65. The Morgan fingerprint density at radius 3 is 2.96 bits per heavy atom. The Bertz CT molecular complexity index is 963. The summed E-state index contributed by atoms with van der Waals surface area (Å²) in [5.74, 6) is 1.89. The normalized spacial score (nSPS) is 22.2. The smallest absolute Gasteiger partial charge is 0.124 e. The third kappa shape index (κ3) is 3.12. The van der Waals surface area contributed by atoms with Crippen LogP contribution in [0.2, 0.25) is 0 Å². The standard InChI is InChI=1S/C23H29N5/c24-12-5-15-28-20-9-2-1-8-19(20)26-21(28)16-27-14-4-7-18-11-10-17-6-3-13-25-22(17)23(18)27/h1-3,6,8-9,13,18,23H,4-5,7,10-12,14-16,24H2/t18-,23+/m1/s1. The summed E-state index contributed by atoms with van der Waals surface area (Å²) in [4.78, 5) is 12.5. The predicted molar refractivity (Wildman–Crippen MR) is 112 cm³/mol. The fourth-order valence-corrected chi connectivity index (χ4v) is 5.22. The summed E-state index contributed by atoms with van der Waals surface area (Å²) in [6.07, 6.45) is 7.98. The number of nitrogens with zero attached hydrogens (tertiary/aromatic N) is 4. The van der Waals surface area contributed by atoms with Crippen LogP contribution in [0.15, 0.2) is 42.6 Å². The van der Waals surface area contributed by atoms with Crippen molar-refractivity contribution in [2.75, 3.05) is 13.1 Å². The highest BCUT2D eigenvalue weighted by Crippen LogP contribution is 2.43. The van der Waals surface area contributed by atoms with Crippen molar-refractivity contribution in [3.05, 3.63) is 59.7 Å². The topological polar surface area (TPSA) is 60.0 Å². The molecule has 0 spiro atoms. The second kappa shape index (κ2) is 7.64. The number of likely N-dealkylation sites (tertiary alicyclic amines) is 1. The van der Waals surface area contributed by atoms with Crippen LogP contribution >= 0.6 is 0 Å². The number of aryl methyl sites for hydroxylation is 2. The van der Waals surface area contributed by atoms with Crippen LogP contribution in [0, 0.1) is 5.92 Å². The van der Waals surface area contributed by atoms with Crippen molar-refractivity contribution in [3.63, 3.8) is 0 Å². The third-order valence-electron chi connectivity index (χ3n) is 6.51. The van der Waals surface area contributed by atoms with E-state index in [9.17, 15) is 0 Å². The minimum Gasteiger partial charge on any atom is -0.330 e. The molecule has 1 aromatic carbocycles. The number of imidazole rings is 1. The molecule has 3 heterocycles. The number of pyridine rings is 1. The average Bonchev–Trinajstić information content (AvgIpc) is 3.09. The Kier molecular flexibility index (Phi) is 4.87. The summed E-state index contributed by atoms with van der Waals surface area (Å²) in [5, 5.41) is 0.